The van der Waals surface area contributed by atoms with Crippen molar-refractivity contribution in [1.29, 1.82) is 0 Å². The Morgan fingerprint density at radius 3 is 2.53 bits per heavy atom. The summed E-state index contributed by atoms with van der Waals surface area (Å²) in [6, 6.07) is 10.3. The topological polar surface area (TPSA) is 111 Å². The van der Waals surface area contributed by atoms with Crippen LogP contribution in [0.3, 0.4) is 0 Å². The smallest absolute Gasteiger partial charge is 0.270 e. The Morgan fingerprint density at radius 2 is 1.93 bits per heavy atom. The zero-order chi connectivity index (χ0) is 22.3. The first-order valence-corrected chi connectivity index (χ1v) is 9.79. The van der Waals surface area contributed by atoms with Crippen LogP contribution in [0.15, 0.2) is 42.5 Å². The van der Waals surface area contributed by atoms with Crippen molar-refractivity contribution in [2.24, 2.45) is 5.92 Å². The van der Waals surface area contributed by atoms with Gasteiger partial charge in [0.15, 0.2) is 0 Å². The van der Waals surface area contributed by atoms with E-state index >= 15 is 0 Å². The quantitative estimate of drug-likeness (QED) is 0.357. The van der Waals surface area contributed by atoms with Crippen LogP contribution in [0.2, 0.25) is 5.02 Å². The molecule has 0 aliphatic carbocycles. The summed E-state index contributed by atoms with van der Waals surface area (Å²) in [5.74, 6) is -0.418. The first-order chi connectivity index (χ1) is 14.2. The van der Waals surface area contributed by atoms with Gasteiger partial charge < -0.3 is 15.4 Å². The number of nitro benzene ring substituents is 1. The second-order valence-electron chi connectivity index (χ2n) is 7.07. The lowest BCUT2D eigenvalue weighted by atomic mass is 10.0. The molecule has 0 saturated carbocycles. The minimum absolute atomic E-state index is 0.0588. The third-order valence-electron chi connectivity index (χ3n) is 4.30. The minimum atomic E-state index is -0.803. The van der Waals surface area contributed by atoms with Crippen LogP contribution in [0.1, 0.15) is 29.8 Å². The van der Waals surface area contributed by atoms with Gasteiger partial charge in [0.1, 0.15) is 18.4 Å². The highest BCUT2D eigenvalue weighted by molar-refractivity contribution is 6.34. The van der Waals surface area contributed by atoms with Crippen molar-refractivity contribution in [3.8, 4) is 5.75 Å². The molecule has 0 bridgehead atoms. The molecule has 0 aliphatic rings. The highest BCUT2D eigenvalue weighted by Gasteiger charge is 2.25. The predicted molar refractivity (Wildman–Crippen MR) is 114 cm³/mol. The average Bonchev–Trinajstić information content (AvgIpc) is 2.68. The van der Waals surface area contributed by atoms with E-state index in [1.807, 2.05) is 31.2 Å². The molecule has 1 atom stereocenters. The molecule has 2 aromatic carbocycles. The normalized spacial score (nSPS) is 11.6. The summed E-state index contributed by atoms with van der Waals surface area (Å²) in [6.07, 6.45) is 0. The van der Waals surface area contributed by atoms with Gasteiger partial charge in [-0.3, -0.25) is 19.7 Å². The monoisotopic (exact) mass is 433 g/mol. The highest BCUT2D eigenvalue weighted by atomic mass is 35.5. The molecule has 0 spiro atoms. The van der Waals surface area contributed by atoms with Crippen molar-refractivity contribution in [2.45, 2.75) is 26.8 Å². The number of halogens is 1. The standard InChI is InChI=1S/C21H24ClN3O5/c1-13(2)19(21(27)23-9-10-30-16-6-4-5-14(3)11-16)24-20(26)17-8-7-15(25(28)29)12-18(17)22/h4-8,11-13,19H,9-10H2,1-3H3,(H,23,27)(H,24,26)/t19-/m0/s1. The number of amides is 2. The van der Waals surface area contributed by atoms with Crippen molar-refractivity contribution in [3.05, 3.63) is 68.7 Å². The Balaban J connectivity index is 1.93. The number of hydrogen-bond donors (Lipinski definition) is 2. The maximum absolute atomic E-state index is 12.5. The van der Waals surface area contributed by atoms with Crippen LogP contribution in [0.5, 0.6) is 5.75 Å². The van der Waals surface area contributed by atoms with Gasteiger partial charge in [-0.05, 0) is 36.6 Å². The summed E-state index contributed by atoms with van der Waals surface area (Å²) in [4.78, 5) is 35.3. The summed E-state index contributed by atoms with van der Waals surface area (Å²) in [5, 5.41) is 16.1. The van der Waals surface area contributed by atoms with E-state index in [0.29, 0.717) is 5.75 Å². The van der Waals surface area contributed by atoms with Gasteiger partial charge in [0, 0.05) is 12.1 Å². The molecule has 0 aromatic heterocycles. The zero-order valence-electron chi connectivity index (χ0n) is 17.0. The van der Waals surface area contributed by atoms with Crippen molar-refractivity contribution >= 4 is 29.1 Å². The molecule has 2 N–H and O–H groups in total. The fraction of sp³-hybridized carbons (Fsp3) is 0.333. The molecule has 0 unspecified atom stereocenters. The van der Waals surface area contributed by atoms with Crippen LogP contribution in [0.25, 0.3) is 0 Å². The average molecular weight is 434 g/mol. The summed E-state index contributed by atoms with van der Waals surface area (Å²) in [5.41, 5.74) is 0.913. The van der Waals surface area contributed by atoms with Crippen LogP contribution in [0.4, 0.5) is 5.69 Å². The Hall–Kier alpha value is -3.13. The second-order valence-corrected chi connectivity index (χ2v) is 7.48. The lowest BCUT2D eigenvalue weighted by molar-refractivity contribution is -0.384. The van der Waals surface area contributed by atoms with E-state index in [2.05, 4.69) is 10.6 Å². The number of benzene rings is 2. The molecule has 0 radical (unpaired) electrons. The van der Waals surface area contributed by atoms with Crippen molar-refractivity contribution < 1.29 is 19.2 Å². The van der Waals surface area contributed by atoms with Crippen LogP contribution < -0.4 is 15.4 Å². The molecule has 8 nitrogen and oxygen atoms in total. The number of nitrogens with zero attached hydrogens (tertiary/aromatic N) is 1. The van der Waals surface area contributed by atoms with Crippen molar-refractivity contribution in [3.63, 3.8) is 0 Å². The summed E-state index contributed by atoms with van der Waals surface area (Å²) in [7, 11) is 0. The number of nitro groups is 1. The number of non-ortho nitro benzene ring substituents is 1. The van der Waals surface area contributed by atoms with Gasteiger partial charge in [-0.15, -0.1) is 0 Å². The molecule has 160 valence electrons. The molecular formula is C21H24ClN3O5. The Bertz CT molecular complexity index is 933. The highest BCUT2D eigenvalue weighted by Crippen LogP contribution is 2.22. The van der Waals surface area contributed by atoms with E-state index in [9.17, 15) is 19.7 Å². The zero-order valence-corrected chi connectivity index (χ0v) is 17.7. The van der Waals surface area contributed by atoms with E-state index in [0.717, 1.165) is 11.6 Å². The number of nitrogens with one attached hydrogen (secondary N) is 2. The third-order valence-corrected chi connectivity index (χ3v) is 4.62. The summed E-state index contributed by atoms with van der Waals surface area (Å²) >= 11 is 6.00. The molecule has 2 aromatic rings. The van der Waals surface area contributed by atoms with Crippen LogP contribution in [-0.4, -0.2) is 35.9 Å². The summed E-state index contributed by atoms with van der Waals surface area (Å²) < 4.78 is 5.60. The largest absolute Gasteiger partial charge is 0.492 e. The molecular weight excluding hydrogens is 410 g/mol. The molecule has 0 heterocycles. The number of rotatable bonds is 9. The molecule has 30 heavy (non-hydrogen) atoms. The molecule has 0 aliphatic heterocycles. The van der Waals surface area contributed by atoms with Gasteiger partial charge in [-0.25, -0.2) is 0 Å². The van der Waals surface area contributed by atoms with E-state index < -0.39 is 16.9 Å². The van der Waals surface area contributed by atoms with E-state index in [-0.39, 0.29) is 41.3 Å². The number of hydrogen-bond acceptors (Lipinski definition) is 5. The van der Waals surface area contributed by atoms with Gasteiger partial charge >= 0.3 is 0 Å². The van der Waals surface area contributed by atoms with Gasteiger partial charge in [0.25, 0.3) is 11.6 Å². The summed E-state index contributed by atoms with van der Waals surface area (Å²) in [6.45, 7) is 6.10. The molecule has 9 heteroatoms. The molecule has 2 amide bonds. The molecule has 2 rings (SSSR count). The number of aryl methyl sites for hydroxylation is 1. The maximum Gasteiger partial charge on any atom is 0.270 e. The Morgan fingerprint density at radius 1 is 1.20 bits per heavy atom. The SMILES string of the molecule is Cc1cccc(OCCNC(=O)[C@@H](NC(=O)c2ccc([N+](=O)[O-])cc2Cl)C(C)C)c1. The third kappa shape index (κ3) is 6.45. The number of ether oxygens (including phenoxy) is 1. The van der Waals surface area contributed by atoms with Crippen LogP contribution in [-0.2, 0) is 4.79 Å². The minimum Gasteiger partial charge on any atom is -0.492 e. The molecule has 0 saturated heterocycles. The predicted octanol–water partition coefficient (Wildman–Crippen LogP) is 3.51. The van der Waals surface area contributed by atoms with Crippen molar-refractivity contribution in [1.82, 2.24) is 10.6 Å². The first-order valence-electron chi connectivity index (χ1n) is 9.41. The maximum atomic E-state index is 12.5. The van der Waals surface area contributed by atoms with E-state index in [1.54, 1.807) is 13.8 Å². The van der Waals surface area contributed by atoms with Gasteiger partial charge in [0.2, 0.25) is 5.91 Å². The van der Waals surface area contributed by atoms with Crippen LogP contribution in [0, 0.1) is 23.0 Å². The van der Waals surface area contributed by atoms with Gasteiger partial charge in [-0.2, -0.15) is 0 Å². The second kappa shape index (κ2) is 10.6. The lowest BCUT2D eigenvalue weighted by Crippen LogP contribution is -2.50. The Kier molecular flexibility index (Phi) is 8.17. The molecule has 0 fully saturated rings. The van der Waals surface area contributed by atoms with E-state index in [4.69, 9.17) is 16.3 Å². The van der Waals surface area contributed by atoms with Crippen molar-refractivity contribution in [2.75, 3.05) is 13.2 Å². The fourth-order valence-electron chi connectivity index (χ4n) is 2.71. The van der Waals surface area contributed by atoms with Crippen LogP contribution >= 0.6 is 11.6 Å². The number of carbonyl (C=O) groups is 2. The van der Waals surface area contributed by atoms with Gasteiger partial charge in [0.05, 0.1) is 22.1 Å². The lowest BCUT2D eigenvalue weighted by Gasteiger charge is -2.22. The van der Waals surface area contributed by atoms with Gasteiger partial charge in [-0.1, -0.05) is 37.6 Å². The number of carbonyl (C=O) groups excluding carboxylic acids is 2. The fourth-order valence-corrected chi connectivity index (χ4v) is 2.97. The first kappa shape index (κ1) is 23.2. The van der Waals surface area contributed by atoms with E-state index in [1.165, 1.54) is 12.1 Å². The Labute approximate surface area is 179 Å².